The normalized spacial score (nSPS) is 12.2. The minimum absolute atomic E-state index is 0.927. The first kappa shape index (κ1) is 20.0. The quantitative estimate of drug-likeness (QED) is 0.225. The van der Waals surface area contributed by atoms with Gasteiger partial charge in [-0.05, 0) is 64.0 Å². The Balaban J connectivity index is 1.59. The SMILES string of the molecule is c1ccc(-n2c3ccccc3c3cc4ccc5cccc6c5c4c(c32)n6-c2ccc3ccccc3c2)nc1. The smallest absolute Gasteiger partial charge is 0.137 e. The van der Waals surface area contributed by atoms with E-state index in [0.29, 0.717) is 0 Å². The van der Waals surface area contributed by atoms with Crippen LogP contribution in [-0.4, -0.2) is 14.1 Å². The summed E-state index contributed by atoms with van der Waals surface area (Å²) in [5.41, 5.74) is 5.97. The van der Waals surface area contributed by atoms with E-state index in [2.05, 4.69) is 124 Å². The summed E-state index contributed by atoms with van der Waals surface area (Å²) in [5, 5.41) is 10.1. The summed E-state index contributed by atoms with van der Waals surface area (Å²) in [5.74, 6) is 0.927. The van der Waals surface area contributed by atoms with Crippen molar-refractivity contribution in [1.82, 2.24) is 14.1 Å². The average Bonchev–Trinajstić information content (AvgIpc) is 3.50. The van der Waals surface area contributed by atoms with Gasteiger partial charge in [0.15, 0.2) is 0 Å². The molecule has 0 spiro atoms. The van der Waals surface area contributed by atoms with E-state index >= 15 is 0 Å². The summed E-state index contributed by atoms with van der Waals surface area (Å²) in [6.07, 6.45) is 1.88. The van der Waals surface area contributed by atoms with Crippen molar-refractivity contribution < 1.29 is 0 Å². The van der Waals surface area contributed by atoms with Crippen LogP contribution in [-0.2, 0) is 0 Å². The number of rotatable bonds is 2. The zero-order valence-electron chi connectivity index (χ0n) is 20.5. The van der Waals surface area contributed by atoms with E-state index in [4.69, 9.17) is 4.98 Å². The summed E-state index contributed by atoms with van der Waals surface area (Å²) in [7, 11) is 0. The third kappa shape index (κ3) is 2.50. The highest BCUT2D eigenvalue weighted by atomic mass is 15.1. The highest BCUT2D eigenvalue weighted by Crippen LogP contribution is 2.45. The Morgan fingerprint density at radius 3 is 2.13 bits per heavy atom. The van der Waals surface area contributed by atoms with Crippen LogP contribution in [0.1, 0.15) is 0 Å². The number of para-hydroxylation sites is 1. The van der Waals surface area contributed by atoms with Gasteiger partial charge in [-0.25, -0.2) is 4.98 Å². The van der Waals surface area contributed by atoms with Gasteiger partial charge in [-0.1, -0.05) is 78.9 Å². The van der Waals surface area contributed by atoms with Crippen LogP contribution in [0.15, 0.2) is 128 Å². The van der Waals surface area contributed by atoms with Crippen molar-refractivity contribution in [3.05, 3.63) is 128 Å². The molecule has 0 aliphatic carbocycles. The molecule has 0 aliphatic rings. The Hall–Kier alpha value is -5.15. The Labute approximate surface area is 218 Å². The van der Waals surface area contributed by atoms with Gasteiger partial charge in [-0.3, -0.25) is 4.57 Å². The fourth-order valence-electron chi connectivity index (χ4n) is 6.50. The van der Waals surface area contributed by atoms with E-state index in [1.54, 1.807) is 0 Å². The molecule has 0 N–H and O–H groups in total. The maximum atomic E-state index is 4.82. The summed E-state index contributed by atoms with van der Waals surface area (Å²) in [4.78, 5) is 4.82. The van der Waals surface area contributed by atoms with Gasteiger partial charge in [0.05, 0.1) is 22.1 Å². The Bertz CT molecular complexity index is 2340. The molecule has 0 unspecified atom stereocenters. The molecule has 0 fully saturated rings. The molecule has 0 saturated carbocycles. The summed E-state index contributed by atoms with van der Waals surface area (Å²) >= 11 is 0. The van der Waals surface area contributed by atoms with E-state index in [1.807, 2.05) is 12.3 Å². The molecule has 0 saturated heterocycles. The van der Waals surface area contributed by atoms with Crippen LogP contribution in [0, 0.1) is 0 Å². The summed E-state index contributed by atoms with van der Waals surface area (Å²) in [6.45, 7) is 0. The molecule has 0 amide bonds. The van der Waals surface area contributed by atoms with Crippen molar-refractivity contribution in [3.8, 4) is 11.5 Å². The van der Waals surface area contributed by atoms with Crippen LogP contribution >= 0.6 is 0 Å². The van der Waals surface area contributed by atoms with Crippen molar-refractivity contribution in [1.29, 1.82) is 0 Å². The predicted octanol–water partition coefficient (Wildman–Crippen LogP) is 9.02. The molecule has 6 aromatic carbocycles. The van der Waals surface area contributed by atoms with Crippen LogP contribution < -0.4 is 0 Å². The van der Waals surface area contributed by atoms with Crippen molar-refractivity contribution >= 4 is 65.2 Å². The first-order valence-corrected chi connectivity index (χ1v) is 13.0. The molecule has 0 aliphatic heterocycles. The topological polar surface area (TPSA) is 22.8 Å². The van der Waals surface area contributed by atoms with Gasteiger partial charge in [0.1, 0.15) is 5.82 Å². The lowest BCUT2D eigenvalue weighted by atomic mass is 10.00. The fraction of sp³-hybridized carbons (Fsp3) is 0. The first-order valence-electron chi connectivity index (χ1n) is 13.0. The second kappa shape index (κ2) is 7.21. The second-order valence-corrected chi connectivity index (χ2v) is 10.1. The van der Waals surface area contributed by atoms with Crippen molar-refractivity contribution in [2.45, 2.75) is 0 Å². The average molecular weight is 484 g/mol. The molecule has 0 bridgehead atoms. The fourth-order valence-corrected chi connectivity index (χ4v) is 6.50. The minimum atomic E-state index is 0.927. The number of pyridine rings is 1. The third-order valence-electron chi connectivity index (χ3n) is 8.06. The lowest BCUT2D eigenvalue weighted by Crippen LogP contribution is -2.00. The highest BCUT2D eigenvalue weighted by Gasteiger charge is 2.24. The molecule has 0 radical (unpaired) electrons. The van der Waals surface area contributed by atoms with Crippen molar-refractivity contribution in [2.24, 2.45) is 0 Å². The predicted molar refractivity (Wildman–Crippen MR) is 159 cm³/mol. The molecular formula is C35H21N3. The molecule has 0 atom stereocenters. The van der Waals surface area contributed by atoms with Crippen LogP contribution in [0.3, 0.4) is 0 Å². The van der Waals surface area contributed by atoms with E-state index < -0.39 is 0 Å². The molecule has 38 heavy (non-hydrogen) atoms. The molecule has 3 heteroatoms. The highest BCUT2D eigenvalue weighted by molar-refractivity contribution is 6.32. The van der Waals surface area contributed by atoms with Gasteiger partial charge < -0.3 is 4.57 Å². The van der Waals surface area contributed by atoms with Gasteiger partial charge in [0.2, 0.25) is 0 Å². The summed E-state index contributed by atoms with van der Waals surface area (Å²) in [6, 6.07) is 43.8. The lowest BCUT2D eigenvalue weighted by molar-refractivity contribution is 1.08. The van der Waals surface area contributed by atoms with Crippen molar-refractivity contribution in [2.75, 3.05) is 0 Å². The first-order chi connectivity index (χ1) is 18.9. The van der Waals surface area contributed by atoms with Gasteiger partial charge in [-0.15, -0.1) is 0 Å². The van der Waals surface area contributed by atoms with Crippen LogP contribution in [0.25, 0.3) is 76.7 Å². The number of aromatic nitrogens is 3. The molecule has 3 nitrogen and oxygen atoms in total. The van der Waals surface area contributed by atoms with E-state index in [-0.39, 0.29) is 0 Å². The Morgan fingerprint density at radius 2 is 1.21 bits per heavy atom. The molecule has 9 aromatic rings. The number of nitrogens with zero attached hydrogens (tertiary/aromatic N) is 3. The largest absolute Gasteiger partial charge is 0.307 e. The number of hydrogen-bond acceptors (Lipinski definition) is 1. The monoisotopic (exact) mass is 483 g/mol. The van der Waals surface area contributed by atoms with Crippen LogP contribution in [0.2, 0.25) is 0 Å². The number of benzene rings is 6. The zero-order chi connectivity index (χ0) is 24.8. The van der Waals surface area contributed by atoms with E-state index in [1.165, 1.54) is 70.8 Å². The van der Waals surface area contributed by atoms with Gasteiger partial charge in [0.25, 0.3) is 0 Å². The van der Waals surface area contributed by atoms with E-state index in [0.717, 1.165) is 5.82 Å². The third-order valence-corrected chi connectivity index (χ3v) is 8.06. The van der Waals surface area contributed by atoms with Gasteiger partial charge >= 0.3 is 0 Å². The zero-order valence-corrected chi connectivity index (χ0v) is 20.5. The van der Waals surface area contributed by atoms with Crippen molar-refractivity contribution in [3.63, 3.8) is 0 Å². The summed E-state index contributed by atoms with van der Waals surface area (Å²) < 4.78 is 4.82. The van der Waals surface area contributed by atoms with Gasteiger partial charge in [-0.2, -0.15) is 0 Å². The Kier molecular flexibility index (Phi) is 3.79. The lowest BCUT2D eigenvalue weighted by Gasteiger charge is -2.13. The maximum absolute atomic E-state index is 4.82. The number of fused-ring (bicyclic) bond motifs is 5. The maximum Gasteiger partial charge on any atom is 0.137 e. The minimum Gasteiger partial charge on any atom is -0.307 e. The molecule has 9 rings (SSSR count). The van der Waals surface area contributed by atoms with Gasteiger partial charge in [0, 0.05) is 33.4 Å². The second-order valence-electron chi connectivity index (χ2n) is 10.1. The van der Waals surface area contributed by atoms with E-state index in [9.17, 15) is 0 Å². The molecule has 176 valence electrons. The standard InChI is InChI=1S/C35H21N3/c1-2-9-24-20-26(18-17-22(24)8-1)37-30-13-7-10-23-15-16-25-21-28-27-11-3-4-12-29(27)38(31-14-5-6-19-36-31)34(28)35(37)33(25)32(23)30/h1-21H. The Morgan fingerprint density at radius 1 is 0.447 bits per heavy atom. The number of hydrogen-bond donors (Lipinski definition) is 0. The molecule has 3 heterocycles. The molecule has 3 aromatic heterocycles. The van der Waals surface area contributed by atoms with Crippen LogP contribution in [0.5, 0.6) is 0 Å². The van der Waals surface area contributed by atoms with Crippen LogP contribution in [0.4, 0.5) is 0 Å². The molecular weight excluding hydrogens is 462 g/mol.